The summed E-state index contributed by atoms with van der Waals surface area (Å²) < 4.78 is 24.1. The Kier molecular flexibility index (Phi) is 7.50. The van der Waals surface area contributed by atoms with Gasteiger partial charge in [0.1, 0.15) is 0 Å². The third-order valence-corrected chi connectivity index (χ3v) is 4.34. The molecule has 0 atom stereocenters. The van der Waals surface area contributed by atoms with E-state index in [2.05, 4.69) is 10.3 Å². The minimum absolute atomic E-state index is 0.125. The van der Waals surface area contributed by atoms with Gasteiger partial charge in [-0.05, 0) is 49.4 Å². The molecule has 124 valence electrons. The van der Waals surface area contributed by atoms with E-state index in [-0.39, 0.29) is 23.1 Å². The number of hydrogen-bond donors (Lipinski definition) is 3. The molecule has 0 aliphatic rings. The fourth-order valence-corrected chi connectivity index (χ4v) is 2.77. The van der Waals surface area contributed by atoms with Gasteiger partial charge in [0, 0.05) is 6.42 Å². The lowest BCUT2D eigenvalue weighted by molar-refractivity contribution is -0.122. The monoisotopic (exact) mass is 327 g/mol. The predicted octanol–water partition coefficient (Wildman–Crippen LogP) is 1.32. The Bertz CT molecular complexity index is 568. The number of benzene rings is 1. The highest BCUT2D eigenvalue weighted by atomic mass is 32.2. The number of carbonyl (C=O) groups is 1. The van der Waals surface area contributed by atoms with E-state index in [1.165, 1.54) is 12.1 Å². The van der Waals surface area contributed by atoms with Gasteiger partial charge in [-0.15, -0.1) is 4.83 Å². The van der Waals surface area contributed by atoms with Crippen LogP contribution in [0.15, 0.2) is 29.2 Å². The highest BCUT2D eigenvalue weighted by Gasteiger charge is 2.15. The average molecular weight is 327 g/mol. The van der Waals surface area contributed by atoms with E-state index in [1.807, 2.05) is 13.8 Å². The van der Waals surface area contributed by atoms with E-state index in [0.29, 0.717) is 6.54 Å². The summed E-state index contributed by atoms with van der Waals surface area (Å²) in [6.07, 6.45) is 3.06. The van der Waals surface area contributed by atoms with Crippen LogP contribution in [0.25, 0.3) is 0 Å². The molecule has 0 heterocycles. The van der Waals surface area contributed by atoms with Crippen molar-refractivity contribution in [2.24, 2.45) is 11.7 Å². The Morgan fingerprint density at radius 1 is 1.18 bits per heavy atom. The van der Waals surface area contributed by atoms with Crippen molar-refractivity contribution < 1.29 is 13.2 Å². The zero-order chi connectivity index (χ0) is 16.6. The number of aryl methyl sites for hydroxylation is 1. The summed E-state index contributed by atoms with van der Waals surface area (Å²) in [5.41, 5.74) is 8.72. The molecule has 0 aliphatic heterocycles. The molecule has 7 heteroatoms. The van der Waals surface area contributed by atoms with Gasteiger partial charge in [0.05, 0.1) is 4.90 Å². The molecule has 1 rings (SSSR count). The number of hydrogen-bond acceptors (Lipinski definition) is 4. The Morgan fingerprint density at radius 3 is 2.36 bits per heavy atom. The van der Waals surface area contributed by atoms with Crippen LogP contribution < -0.4 is 16.0 Å². The molecule has 0 aromatic heterocycles. The van der Waals surface area contributed by atoms with Crippen molar-refractivity contribution in [3.8, 4) is 0 Å². The number of rotatable bonds is 9. The lowest BCUT2D eigenvalue weighted by Crippen LogP contribution is -2.41. The lowest BCUT2D eigenvalue weighted by Gasteiger charge is -2.10. The highest BCUT2D eigenvalue weighted by molar-refractivity contribution is 7.89. The maximum Gasteiger partial charge on any atom is 0.257 e. The van der Waals surface area contributed by atoms with E-state index in [1.54, 1.807) is 12.1 Å². The molecule has 0 spiro atoms. The van der Waals surface area contributed by atoms with Crippen LogP contribution in [-0.2, 0) is 21.2 Å². The first-order valence-corrected chi connectivity index (χ1v) is 8.93. The molecule has 0 unspecified atom stereocenters. The fourth-order valence-electron chi connectivity index (χ4n) is 1.91. The van der Waals surface area contributed by atoms with E-state index < -0.39 is 10.0 Å². The predicted molar refractivity (Wildman–Crippen MR) is 86.4 cm³/mol. The molecule has 0 radical (unpaired) electrons. The van der Waals surface area contributed by atoms with Crippen LogP contribution in [0.2, 0.25) is 0 Å². The highest BCUT2D eigenvalue weighted by Crippen LogP contribution is 2.12. The number of sulfonamides is 1. The van der Waals surface area contributed by atoms with Crippen molar-refractivity contribution in [3.63, 3.8) is 0 Å². The maximum atomic E-state index is 12.1. The van der Waals surface area contributed by atoms with Gasteiger partial charge in [-0.25, -0.2) is 8.42 Å². The molecule has 1 aromatic rings. The largest absolute Gasteiger partial charge is 0.330 e. The summed E-state index contributed by atoms with van der Waals surface area (Å²) in [7, 11) is -3.74. The van der Waals surface area contributed by atoms with Gasteiger partial charge in [0.25, 0.3) is 10.0 Å². The van der Waals surface area contributed by atoms with Crippen LogP contribution in [0, 0.1) is 5.92 Å². The van der Waals surface area contributed by atoms with Crippen molar-refractivity contribution in [3.05, 3.63) is 29.8 Å². The van der Waals surface area contributed by atoms with E-state index >= 15 is 0 Å². The third kappa shape index (κ3) is 6.55. The van der Waals surface area contributed by atoms with Crippen LogP contribution in [-0.4, -0.2) is 20.9 Å². The standard InChI is InChI=1S/C15H25N3O3S/c1-12(2)11-15(19)17-18-22(20,21)14-8-6-13(7-9-14)5-3-4-10-16/h6-9,12,18H,3-5,10-11,16H2,1-2H3,(H,17,19). The van der Waals surface area contributed by atoms with Crippen LogP contribution >= 0.6 is 0 Å². The van der Waals surface area contributed by atoms with Gasteiger partial charge in [0.2, 0.25) is 5.91 Å². The summed E-state index contributed by atoms with van der Waals surface area (Å²) in [4.78, 5) is 13.7. The molecule has 1 aromatic carbocycles. The Morgan fingerprint density at radius 2 is 1.82 bits per heavy atom. The molecular weight excluding hydrogens is 302 g/mol. The van der Waals surface area contributed by atoms with Crippen LogP contribution in [0.1, 0.15) is 38.7 Å². The molecule has 1 amide bonds. The molecule has 0 aliphatic carbocycles. The third-order valence-electron chi connectivity index (χ3n) is 3.07. The SMILES string of the molecule is CC(C)CC(=O)NNS(=O)(=O)c1ccc(CCCCN)cc1. The quantitative estimate of drug-likeness (QED) is 0.470. The molecule has 0 fully saturated rings. The summed E-state index contributed by atoms with van der Waals surface area (Å²) in [6.45, 7) is 4.43. The van der Waals surface area contributed by atoms with E-state index in [4.69, 9.17) is 5.73 Å². The van der Waals surface area contributed by atoms with Crippen LogP contribution in [0.4, 0.5) is 0 Å². The second kappa shape index (κ2) is 8.87. The van der Waals surface area contributed by atoms with E-state index in [9.17, 15) is 13.2 Å². The fraction of sp³-hybridized carbons (Fsp3) is 0.533. The number of unbranched alkanes of at least 4 members (excludes halogenated alkanes) is 1. The van der Waals surface area contributed by atoms with Gasteiger partial charge in [-0.1, -0.05) is 26.0 Å². The van der Waals surface area contributed by atoms with Crippen molar-refractivity contribution in [2.45, 2.75) is 44.4 Å². The van der Waals surface area contributed by atoms with Gasteiger partial charge in [-0.3, -0.25) is 10.2 Å². The lowest BCUT2D eigenvalue weighted by atomic mass is 10.1. The smallest absolute Gasteiger partial charge is 0.257 e. The first-order valence-electron chi connectivity index (χ1n) is 7.45. The van der Waals surface area contributed by atoms with E-state index in [0.717, 1.165) is 24.8 Å². The van der Waals surface area contributed by atoms with Crippen molar-refractivity contribution in [1.82, 2.24) is 10.3 Å². The Hall–Kier alpha value is -1.44. The van der Waals surface area contributed by atoms with Crippen LogP contribution in [0.3, 0.4) is 0 Å². The molecular formula is C15H25N3O3S. The normalized spacial score (nSPS) is 11.6. The van der Waals surface area contributed by atoms with Crippen molar-refractivity contribution >= 4 is 15.9 Å². The number of amides is 1. The summed E-state index contributed by atoms with van der Waals surface area (Å²) >= 11 is 0. The zero-order valence-electron chi connectivity index (χ0n) is 13.1. The van der Waals surface area contributed by atoms with Crippen molar-refractivity contribution in [1.29, 1.82) is 0 Å². The molecule has 6 nitrogen and oxygen atoms in total. The minimum Gasteiger partial charge on any atom is -0.330 e. The Balaban J connectivity index is 2.59. The number of hydrazine groups is 1. The van der Waals surface area contributed by atoms with Gasteiger partial charge in [0.15, 0.2) is 0 Å². The molecule has 0 saturated carbocycles. The number of nitrogens with two attached hydrogens (primary N) is 1. The molecule has 0 saturated heterocycles. The first-order chi connectivity index (χ1) is 10.3. The van der Waals surface area contributed by atoms with Crippen molar-refractivity contribution in [2.75, 3.05) is 6.54 Å². The second-order valence-electron chi connectivity index (χ2n) is 5.64. The summed E-state index contributed by atoms with van der Waals surface area (Å²) in [5.74, 6) is -0.186. The molecule has 0 bridgehead atoms. The van der Waals surface area contributed by atoms with Gasteiger partial charge < -0.3 is 5.73 Å². The molecule has 22 heavy (non-hydrogen) atoms. The summed E-state index contributed by atoms with van der Waals surface area (Å²) in [6, 6.07) is 6.63. The number of nitrogens with one attached hydrogen (secondary N) is 2. The average Bonchev–Trinajstić information content (AvgIpc) is 2.45. The second-order valence-corrected chi connectivity index (χ2v) is 7.32. The van der Waals surface area contributed by atoms with Gasteiger partial charge in [-0.2, -0.15) is 0 Å². The zero-order valence-corrected chi connectivity index (χ0v) is 13.9. The summed E-state index contributed by atoms with van der Waals surface area (Å²) in [5, 5.41) is 0. The topological polar surface area (TPSA) is 101 Å². The van der Waals surface area contributed by atoms with Crippen LogP contribution in [0.5, 0.6) is 0 Å². The molecule has 4 N–H and O–H groups in total. The minimum atomic E-state index is -3.74. The van der Waals surface area contributed by atoms with Gasteiger partial charge >= 0.3 is 0 Å². The Labute approximate surface area is 132 Å². The maximum absolute atomic E-state index is 12.1. The number of carbonyl (C=O) groups excluding carboxylic acids is 1. The first kappa shape index (κ1) is 18.6.